The molecule has 2 aromatic carbocycles. The number of rotatable bonds is 7. The second-order valence-corrected chi connectivity index (χ2v) is 7.62. The van der Waals surface area contributed by atoms with Gasteiger partial charge in [-0.2, -0.15) is 0 Å². The molecule has 8 heteroatoms. The smallest absolute Gasteiger partial charge is 0.319 e. The highest BCUT2D eigenvalue weighted by Crippen LogP contribution is 2.22. The summed E-state index contributed by atoms with van der Waals surface area (Å²) in [7, 11) is 1.53. The molecule has 0 aromatic heterocycles. The van der Waals surface area contributed by atoms with Crippen LogP contribution in [0, 0.1) is 5.41 Å². The molecule has 0 atom stereocenters. The number of methoxy groups -OCH3 is 1. The van der Waals surface area contributed by atoms with Crippen LogP contribution in [0.5, 0.6) is 5.75 Å². The van der Waals surface area contributed by atoms with Crippen molar-refractivity contribution in [1.29, 1.82) is 0 Å². The molecule has 0 aliphatic carbocycles. The maximum absolute atomic E-state index is 12.2. The van der Waals surface area contributed by atoms with E-state index in [0.717, 1.165) is 0 Å². The van der Waals surface area contributed by atoms with Crippen molar-refractivity contribution in [3.8, 4) is 5.75 Å². The van der Waals surface area contributed by atoms with E-state index in [2.05, 4.69) is 21.3 Å². The first-order valence-electron chi connectivity index (χ1n) is 9.58. The molecule has 4 amide bonds. The van der Waals surface area contributed by atoms with Gasteiger partial charge in [-0.3, -0.25) is 9.59 Å². The number of benzene rings is 2. The number of nitrogens with one attached hydrogen (secondary N) is 4. The van der Waals surface area contributed by atoms with Gasteiger partial charge in [-0.1, -0.05) is 32.9 Å². The fourth-order valence-electron chi connectivity index (χ4n) is 2.39. The molecular weight excluding hydrogens is 384 g/mol. The normalized spacial score (nSPS) is 10.7. The lowest BCUT2D eigenvalue weighted by Crippen LogP contribution is -2.36. The molecular formula is C22H28N4O4. The van der Waals surface area contributed by atoms with Crippen LogP contribution in [0.4, 0.5) is 16.2 Å². The SMILES string of the molecule is COc1ccccc1NC(=O)NCCNC(=O)c1ccc(NC(=O)C(C)(C)C)cc1. The van der Waals surface area contributed by atoms with E-state index >= 15 is 0 Å². The minimum atomic E-state index is -0.499. The Kier molecular flexibility index (Phi) is 7.80. The van der Waals surface area contributed by atoms with Gasteiger partial charge in [0.05, 0.1) is 12.8 Å². The number of ether oxygens (including phenoxy) is 1. The minimum absolute atomic E-state index is 0.0998. The lowest BCUT2D eigenvalue weighted by molar-refractivity contribution is -0.123. The van der Waals surface area contributed by atoms with Gasteiger partial charge in [0.1, 0.15) is 5.75 Å². The van der Waals surface area contributed by atoms with Crippen molar-refractivity contribution in [3.05, 3.63) is 54.1 Å². The maximum atomic E-state index is 12.2. The molecule has 0 saturated heterocycles. The monoisotopic (exact) mass is 412 g/mol. The number of anilines is 2. The number of amides is 4. The van der Waals surface area contributed by atoms with Crippen LogP contribution >= 0.6 is 0 Å². The van der Waals surface area contributed by atoms with Gasteiger partial charge < -0.3 is 26.0 Å². The highest BCUT2D eigenvalue weighted by atomic mass is 16.5. The number of para-hydroxylation sites is 2. The zero-order valence-corrected chi connectivity index (χ0v) is 17.7. The summed E-state index contributed by atoms with van der Waals surface area (Å²) >= 11 is 0. The third-order valence-corrected chi connectivity index (χ3v) is 4.14. The predicted molar refractivity (Wildman–Crippen MR) is 117 cm³/mol. The van der Waals surface area contributed by atoms with Crippen LogP contribution < -0.4 is 26.0 Å². The number of carbonyl (C=O) groups excluding carboxylic acids is 3. The Morgan fingerprint density at radius 2 is 1.50 bits per heavy atom. The Labute approximate surface area is 176 Å². The Hall–Kier alpha value is -3.55. The molecule has 4 N–H and O–H groups in total. The minimum Gasteiger partial charge on any atom is -0.495 e. The van der Waals surface area contributed by atoms with E-state index in [1.54, 1.807) is 42.5 Å². The molecule has 0 saturated carbocycles. The fourth-order valence-corrected chi connectivity index (χ4v) is 2.39. The van der Waals surface area contributed by atoms with E-state index < -0.39 is 11.4 Å². The second kappa shape index (κ2) is 10.3. The lowest BCUT2D eigenvalue weighted by atomic mass is 9.95. The van der Waals surface area contributed by atoms with E-state index in [9.17, 15) is 14.4 Å². The van der Waals surface area contributed by atoms with Crippen molar-refractivity contribution >= 4 is 29.2 Å². The summed E-state index contributed by atoms with van der Waals surface area (Å²) in [5.41, 5.74) is 1.14. The number of hydrogen-bond donors (Lipinski definition) is 4. The number of urea groups is 1. The van der Waals surface area contributed by atoms with Crippen LogP contribution in [0.2, 0.25) is 0 Å². The van der Waals surface area contributed by atoms with Crippen LogP contribution in [0.25, 0.3) is 0 Å². The Morgan fingerprint density at radius 1 is 0.867 bits per heavy atom. The Morgan fingerprint density at radius 3 is 2.13 bits per heavy atom. The maximum Gasteiger partial charge on any atom is 0.319 e. The molecule has 0 heterocycles. The first-order valence-corrected chi connectivity index (χ1v) is 9.58. The molecule has 0 unspecified atom stereocenters. The van der Waals surface area contributed by atoms with E-state index in [4.69, 9.17) is 4.74 Å². The van der Waals surface area contributed by atoms with Gasteiger partial charge in [0.15, 0.2) is 0 Å². The van der Waals surface area contributed by atoms with Gasteiger partial charge in [0.2, 0.25) is 5.91 Å². The quantitative estimate of drug-likeness (QED) is 0.524. The largest absolute Gasteiger partial charge is 0.495 e. The zero-order valence-electron chi connectivity index (χ0n) is 17.7. The van der Waals surface area contributed by atoms with Crippen LogP contribution in [-0.4, -0.2) is 38.0 Å². The van der Waals surface area contributed by atoms with Crippen molar-refractivity contribution in [2.45, 2.75) is 20.8 Å². The average molecular weight is 412 g/mol. The highest BCUT2D eigenvalue weighted by molar-refractivity contribution is 5.97. The summed E-state index contributed by atoms with van der Waals surface area (Å²) in [6.45, 7) is 6.01. The molecule has 0 aliphatic heterocycles. The first-order chi connectivity index (χ1) is 14.2. The van der Waals surface area contributed by atoms with Crippen molar-refractivity contribution in [2.75, 3.05) is 30.8 Å². The summed E-state index contributed by atoms with van der Waals surface area (Å²) in [5, 5.41) is 10.9. The third kappa shape index (κ3) is 6.80. The molecule has 2 rings (SSSR count). The van der Waals surface area contributed by atoms with Crippen molar-refractivity contribution in [1.82, 2.24) is 10.6 Å². The second-order valence-electron chi connectivity index (χ2n) is 7.62. The van der Waals surface area contributed by atoms with Gasteiger partial charge in [-0.05, 0) is 36.4 Å². The fraction of sp³-hybridized carbons (Fsp3) is 0.318. The summed E-state index contributed by atoms with van der Waals surface area (Å²) < 4.78 is 5.18. The van der Waals surface area contributed by atoms with Crippen molar-refractivity contribution in [2.24, 2.45) is 5.41 Å². The molecule has 0 bridgehead atoms. The van der Waals surface area contributed by atoms with Crippen LogP contribution in [-0.2, 0) is 4.79 Å². The number of carbonyl (C=O) groups is 3. The summed E-state index contributed by atoms with van der Waals surface area (Å²) in [5.74, 6) is 0.191. The van der Waals surface area contributed by atoms with Crippen LogP contribution in [0.1, 0.15) is 31.1 Å². The van der Waals surface area contributed by atoms with Gasteiger partial charge in [-0.15, -0.1) is 0 Å². The average Bonchev–Trinajstić information content (AvgIpc) is 2.71. The summed E-state index contributed by atoms with van der Waals surface area (Å²) in [6.07, 6.45) is 0. The molecule has 2 aromatic rings. The molecule has 30 heavy (non-hydrogen) atoms. The van der Waals surface area contributed by atoms with Crippen molar-refractivity contribution < 1.29 is 19.1 Å². The summed E-state index contributed by atoms with van der Waals surface area (Å²) in [4.78, 5) is 36.2. The van der Waals surface area contributed by atoms with Crippen molar-refractivity contribution in [3.63, 3.8) is 0 Å². The van der Waals surface area contributed by atoms with Gasteiger partial charge in [0.25, 0.3) is 5.91 Å². The van der Waals surface area contributed by atoms with E-state index in [-0.39, 0.29) is 24.9 Å². The topological polar surface area (TPSA) is 109 Å². The van der Waals surface area contributed by atoms with Crippen LogP contribution in [0.15, 0.2) is 48.5 Å². The van der Waals surface area contributed by atoms with Gasteiger partial charge >= 0.3 is 6.03 Å². The molecule has 0 radical (unpaired) electrons. The lowest BCUT2D eigenvalue weighted by Gasteiger charge is -2.17. The third-order valence-electron chi connectivity index (χ3n) is 4.14. The molecule has 0 fully saturated rings. The Balaban J connectivity index is 1.75. The predicted octanol–water partition coefficient (Wildman–Crippen LogP) is 3.23. The first kappa shape index (κ1) is 22.7. The molecule has 8 nitrogen and oxygen atoms in total. The molecule has 160 valence electrons. The molecule has 0 aliphatic rings. The highest BCUT2D eigenvalue weighted by Gasteiger charge is 2.21. The summed E-state index contributed by atoms with van der Waals surface area (Å²) in [6, 6.07) is 13.3. The van der Waals surface area contributed by atoms with E-state index in [0.29, 0.717) is 22.7 Å². The van der Waals surface area contributed by atoms with Gasteiger partial charge in [-0.25, -0.2) is 4.79 Å². The zero-order chi connectivity index (χ0) is 22.1. The van der Waals surface area contributed by atoms with E-state index in [1.165, 1.54) is 7.11 Å². The van der Waals surface area contributed by atoms with Gasteiger partial charge in [0, 0.05) is 29.8 Å². The van der Waals surface area contributed by atoms with Crippen LogP contribution in [0.3, 0.4) is 0 Å². The Bertz CT molecular complexity index is 889. The van der Waals surface area contributed by atoms with E-state index in [1.807, 2.05) is 26.8 Å². The molecule has 0 spiro atoms. The standard InChI is InChI=1S/C22H28N4O4/c1-22(2,3)20(28)25-16-11-9-15(10-12-16)19(27)23-13-14-24-21(29)26-17-7-5-6-8-18(17)30-4/h5-12H,13-14H2,1-4H3,(H,23,27)(H,25,28)(H2,24,26,29). The number of hydrogen-bond acceptors (Lipinski definition) is 4.